The molecule has 92 valence electrons. The van der Waals surface area contributed by atoms with Crippen molar-refractivity contribution in [3.63, 3.8) is 0 Å². The Balaban J connectivity index is 1.84. The molecule has 2 atom stereocenters. The standard InChI is InChI=1S/C14H19NO2/c16-13-9-5-4-8-12(13)15-14(17)10-11-6-2-1-3-7-11/h1-3,6-7,12-13,16H,4-5,8-10H2,(H,15,17)/t12-,13-/m0/s1. The summed E-state index contributed by atoms with van der Waals surface area (Å²) in [7, 11) is 0. The molecule has 3 nitrogen and oxygen atoms in total. The van der Waals surface area contributed by atoms with E-state index in [1.165, 1.54) is 0 Å². The molecule has 1 aromatic carbocycles. The van der Waals surface area contributed by atoms with Gasteiger partial charge in [-0.1, -0.05) is 43.2 Å². The van der Waals surface area contributed by atoms with Gasteiger partial charge in [0.1, 0.15) is 0 Å². The van der Waals surface area contributed by atoms with Crippen LogP contribution in [0.5, 0.6) is 0 Å². The molecule has 0 heterocycles. The minimum absolute atomic E-state index is 0.00199. The quantitative estimate of drug-likeness (QED) is 0.834. The molecule has 3 heteroatoms. The Morgan fingerprint density at radius 3 is 2.65 bits per heavy atom. The molecule has 1 fully saturated rings. The van der Waals surface area contributed by atoms with Crippen molar-refractivity contribution in [3.8, 4) is 0 Å². The van der Waals surface area contributed by atoms with Crippen LogP contribution in [0.1, 0.15) is 31.2 Å². The Morgan fingerprint density at radius 1 is 1.24 bits per heavy atom. The molecule has 0 bridgehead atoms. The lowest BCUT2D eigenvalue weighted by Crippen LogP contribution is -2.45. The molecule has 1 saturated carbocycles. The van der Waals surface area contributed by atoms with Gasteiger partial charge in [0, 0.05) is 0 Å². The lowest BCUT2D eigenvalue weighted by molar-refractivity contribution is -0.122. The van der Waals surface area contributed by atoms with Crippen LogP contribution in [0.25, 0.3) is 0 Å². The van der Waals surface area contributed by atoms with E-state index in [1.807, 2.05) is 30.3 Å². The van der Waals surface area contributed by atoms with Crippen molar-refractivity contribution in [2.24, 2.45) is 0 Å². The Kier molecular flexibility index (Phi) is 4.15. The highest BCUT2D eigenvalue weighted by atomic mass is 16.3. The number of hydrogen-bond donors (Lipinski definition) is 2. The third kappa shape index (κ3) is 3.56. The Labute approximate surface area is 102 Å². The van der Waals surface area contributed by atoms with E-state index in [0.717, 1.165) is 31.2 Å². The van der Waals surface area contributed by atoms with Gasteiger partial charge in [-0.15, -0.1) is 0 Å². The first-order valence-corrected chi connectivity index (χ1v) is 6.27. The predicted octanol–water partition coefficient (Wildman–Crippen LogP) is 1.65. The maximum Gasteiger partial charge on any atom is 0.224 e. The number of carbonyl (C=O) groups excluding carboxylic acids is 1. The average molecular weight is 233 g/mol. The summed E-state index contributed by atoms with van der Waals surface area (Å²) in [6.45, 7) is 0. The molecule has 1 aromatic rings. The molecule has 0 saturated heterocycles. The summed E-state index contributed by atoms with van der Waals surface area (Å²) < 4.78 is 0. The topological polar surface area (TPSA) is 49.3 Å². The molecule has 1 aliphatic carbocycles. The van der Waals surface area contributed by atoms with Crippen LogP contribution < -0.4 is 5.32 Å². The number of nitrogens with one attached hydrogen (secondary N) is 1. The highest BCUT2D eigenvalue weighted by Gasteiger charge is 2.24. The first kappa shape index (κ1) is 12.1. The zero-order chi connectivity index (χ0) is 12.1. The largest absolute Gasteiger partial charge is 0.391 e. The lowest BCUT2D eigenvalue weighted by atomic mass is 9.92. The summed E-state index contributed by atoms with van der Waals surface area (Å²) in [4.78, 5) is 11.8. The molecule has 0 aliphatic heterocycles. The number of aliphatic hydroxyl groups is 1. The Hall–Kier alpha value is -1.35. The van der Waals surface area contributed by atoms with Gasteiger partial charge in [0.25, 0.3) is 0 Å². The smallest absolute Gasteiger partial charge is 0.224 e. The fourth-order valence-corrected chi connectivity index (χ4v) is 2.32. The highest BCUT2D eigenvalue weighted by Crippen LogP contribution is 2.18. The minimum Gasteiger partial charge on any atom is -0.391 e. The second-order valence-electron chi connectivity index (χ2n) is 4.69. The van der Waals surface area contributed by atoms with Gasteiger partial charge in [0.15, 0.2) is 0 Å². The maximum absolute atomic E-state index is 11.8. The molecule has 0 radical (unpaired) electrons. The van der Waals surface area contributed by atoms with Crippen molar-refractivity contribution in [3.05, 3.63) is 35.9 Å². The van der Waals surface area contributed by atoms with E-state index in [0.29, 0.717) is 6.42 Å². The number of amides is 1. The number of benzene rings is 1. The van der Waals surface area contributed by atoms with Crippen molar-refractivity contribution < 1.29 is 9.90 Å². The van der Waals surface area contributed by atoms with Gasteiger partial charge in [0.2, 0.25) is 5.91 Å². The van der Waals surface area contributed by atoms with E-state index >= 15 is 0 Å². The summed E-state index contributed by atoms with van der Waals surface area (Å²) in [5, 5.41) is 12.7. The van der Waals surface area contributed by atoms with Crippen LogP contribution >= 0.6 is 0 Å². The van der Waals surface area contributed by atoms with E-state index in [-0.39, 0.29) is 18.1 Å². The average Bonchev–Trinajstić information content (AvgIpc) is 2.33. The SMILES string of the molecule is O=C(Cc1ccccc1)N[C@H]1CCCC[C@@H]1O. The molecule has 0 aromatic heterocycles. The molecule has 17 heavy (non-hydrogen) atoms. The molecule has 0 spiro atoms. The molecular weight excluding hydrogens is 214 g/mol. The van der Waals surface area contributed by atoms with Crippen LogP contribution in [-0.2, 0) is 11.2 Å². The maximum atomic E-state index is 11.8. The minimum atomic E-state index is -0.372. The van der Waals surface area contributed by atoms with Gasteiger partial charge in [0.05, 0.1) is 18.6 Å². The lowest BCUT2D eigenvalue weighted by Gasteiger charge is -2.28. The van der Waals surface area contributed by atoms with Gasteiger partial charge in [-0.25, -0.2) is 0 Å². The van der Waals surface area contributed by atoms with E-state index in [2.05, 4.69) is 5.32 Å². The molecule has 1 amide bonds. The second-order valence-corrected chi connectivity index (χ2v) is 4.69. The fourth-order valence-electron chi connectivity index (χ4n) is 2.32. The monoisotopic (exact) mass is 233 g/mol. The number of rotatable bonds is 3. The molecular formula is C14H19NO2. The van der Waals surface area contributed by atoms with Crippen molar-refractivity contribution >= 4 is 5.91 Å². The molecule has 1 aliphatic rings. The summed E-state index contributed by atoms with van der Waals surface area (Å²) in [5.41, 5.74) is 1.01. The van der Waals surface area contributed by atoms with Crippen LogP contribution in [0.15, 0.2) is 30.3 Å². The van der Waals surface area contributed by atoms with Crippen LogP contribution in [0.3, 0.4) is 0 Å². The van der Waals surface area contributed by atoms with Crippen LogP contribution in [0.2, 0.25) is 0 Å². The van der Waals surface area contributed by atoms with Crippen molar-refractivity contribution in [2.45, 2.75) is 44.2 Å². The number of carbonyl (C=O) groups is 1. The molecule has 2 N–H and O–H groups in total. The first-order valence-electron chi connectivity index (χ1n) is 6.27. The van der Waals surface area contributed by atoms with E-state index in [9.17, 15) is 9.90 Å². The van der Waals surface area contributed by atoms with Crippen molar-refractivity contribution in [1.29, 1.82) is 0 Å². The molecule has 2 rings (SSSR count). The van der Waals surface area contributed by atoms with Crippen molar-refractivity contribution in [2.75, 3.05) is 0 Å². The number of hydrogen-bond acceptors (Lipinski definition) is 2. The van der Waals surface area contributed by atoms with Gasteiger partial charge in [-0.05, 0) is 18.4 Å². The second kappa shape index (κ2) is 5.82. The van der Waals surface area contributed by atoms with Gasteiger partial charge < -0.3 is 10.4 Å². The Bertz CT molecular complexity index is 364. The Morgan fingerprint density at radius 2 is 1.94 bits per heavy atom. The van der Waals surface area contributed by atoms with Crippen molar-refractivity contribution in [1.82, 2.24) is 5.32 Å². The van der Waals surface area contributed by atoms with E-state index in [4.69, 9.17) is 0 Å². The van der Waals surface area contributed by atoms with Gasteiger partial charge >= 0.3 is 0 Å². The number of aliphatic hydroxyl groups excluding tert-OH is 1. The summed E-state index contributed by atoms with van der Waals surface area (Å²) in [6.07, 6.45) is 3.87. The van der Waals surface area contributed by atoms with Gasteiger partial charge in [-0.2, -0.15) is 0 Å². The third-order valence-electron chi connectivity index (χ3n) is 3.28. The van der Waals surface area contributed by atoms with Gasteiger partial charge in [-0.3, -0.25) is 4.79 Å². The van der Waals surface area contributed by atoms with E-state index < -0.39 is 0 Å². The summed E-state index contributed by atoms with van der Waals surface area (Å²) >= 11 is 0. The zero-order valence-electron chi connectivity index (χ0n) is 9.93. The fraction of sp³-hybridized carbons (Fsp3) is 0.500. The van der Waals surface area contributed by atoms with E-state index in [1.54, 1.807) is 0 Å². The normalized spacial score (nSPS) is 24.3. The van der Waals surface area contributed by atoms with Crippen LogP contribution in [0.4, 0.5) is 0 Å². The summed E-state index contributed by atoms with van der Waals surface area (Å²) in [6, 6.07) is 9.62. The van der Waals surface area contributed by atoms with Crippen LogP contribution in [0, 0.1) is 0 Å². The third-order valence-corrected chi connectivity index (χ3v) is 3.28. The summed E-state index contributed by atoms with van der Waals surface area (Å²) in [5.74, 6) is 0.00199. The predicted molar refractivity (Wildman–Crippen MR) is 66.6 cm³/mol. The highest BCUT2D eigenvalue weighted by molar-refractivity contribution is 5.78. The van der Waals surface area contributed by atoms with Crippen LogP contribution in [-0.4, -0.2) is 23.2 Å². The first-order chi connectivity index (χ1) is 8.25. The molecule has 0 unspecified atom stereocenters. The zero-order valence-corrected chi connectivity index (χ0v) is 9.93.